The maximum Gasteiger partial charge on any atom is 0.411 e. The summed E-state index contributed by atoms with van der Waals surface area (Å²) < 4.78 is 5.76. The highest BCUT2D eigenvalue weighted by Gasteiger charge is 2.44. The largest absolute Gasteiger partial charge is 0.478 e. The van der Waals surface area contributed by atoms with E-state index in [1.165, 1.54) is 5.56 Å². The SMILES string of the molecule is CC(C)C[C@@](Cc1ccccc1)(OC(=O)N1CCc2ccccc2C1)C(=O)O. The molecule has 1 atom stereocenters. The van der Waals surface area contributed by atoms with Crippen molar-refractivity contribution in [3.05, 3.63) is 71.3 Å². The number of hydrogen-bond donors (Lipinski definition) is 1. The lowest BCUT2D eigenvalue weighted by atomic mass is 9.86. The van der Waals surface area contributed by atoms with E-state index in [2.05, 4.69) is 6.07 Å². The number of fused-ring (bicyclic) bond motifs is 1. The van der Waals surface area contributed by atoms with Crippen LogP contribution in [0.1, 0.15) is 37.0 Å². The van der Waals surface area contributed by atoms with Crippen LogP contribution in [0.2, 0.25) is 0 Å². The Labute approximate surface area is 165 Å². The first kappa shape index (κ1) is 19.9. The van der Waals surface area contributed by atoms with Crippen LogP contribution in [0.5, 0.6) is 0 Å². The first-order valence-corrected chi connectivity index (χ1v) is 9.71. The fraction of sp³-hybridized carbons (Fsp3) is 0.391. The Balaban J connectivity index is 1.82. The molecule has 3 rings (SSSR count). The molecule has 1 amide bonds. The highest BCUT2D eigenvalue weighted by atomic mass is 16.6. The molecule has 0 fully saturated rings. The van der Waals surface area contributed by atoms with Gasteiger partial charge < -0.3 is 14.7 Å². The third kappa shape index (κ3) is 4.53. The van der Waals surface area contributed by atoms with Gasteiger partial charge in [-0.2, -0.15) is 0 Å². The van der Waals surface area contributed by atoms with Crippen LogP contribution in [-0.4, -0.2) is 34.2 Å². The van der Waals surface area contributed by atoms with Gasteiger partial charge in [0.2, 0.25) is 5.60 Å². The zero-order valence-electron chi connectivity index (χ0n) is 16.4. The summed E-state index contributed by atoms with van der Waals surface area (Å²) in [5.41, 5.74) is 1.56. The second-order valence-electron chi connectivity index (χ2n) is 7.87. The van der Waals surface area contributed by atoms with Gasteiger partial charge >= 0.3 is 12.1 Å². The van der Waals surface area contributed by atoms with Crippen LogP contribution < -0.4 is 0 Å². The van der Waals surface area contributed by atoms with E-state index in [-0.39, 0.29) is 18.8 Å². The number of carboxylic acids is 1. The summed E-state index contributed by atoms with van der Waals surface area (Å²) in [7, 11) is 0. The molecular weight excluding hydrogens is 354 g/mol. The van der Waals surface area contributed by atoms with Gasteiger partial charge in [-0.05, 0) is 29.0 Å². The van der Waals surface area contributed by atoms with Crippen molar-refractivity contribution in [2.45, 2.75) is 45.3 Å². The van der Waals surface area contributed by atoms with Crippen LogP contribution >= 0.6 is 0 Å². The van der Waals surface area contributed by atoms with E-state index < -0.39 is 17.7 Å². The Kier molecular flexibility index (Phi) is 6.02. The van der Waals surface area contributed by atoms with Crippen LogP contribution in [0.4, 0.5) is 4.79 Å². The van der Waals surface area contributed by atoms with Crippen LogP contribution in [0.15, 0.2) is 54.6 Å². The minimum Gasteiger partial charge on any atom is -0.478 e. The Morgan fingerprint density at radius 3 is 2.36 bits per heavy atom. The van der Waals surface area contributed by atoms with Gasteiger partial charge in [0.05, 0.1) is 0 Å². The summed E-state index contributed by atoms with van der Waals surface area (Å²) in [5, 5.41) is 10.0. The number of hydrogen-bond acceptors (Lipinski definition) is 3. The van der Waals surface area contributed by atoms with Gasteiger partial charge in [-0.25, -0.2) is 9.59 Å². The van der Waals surface area contributed by atoms with Crippen molar-refractivity contribution in [1.82, 2.24) is 4.90 Å². The number of amides is 1. The van der Waals surface area contributed by atoms with Gasteiger partial charge in [0.15, 0.2) is 0 Å². The summed E-state index contributed by atoms with van der Waals surface area (Å²) in [6.45, 7) is 4.84. The molecule has 0 bridgehead atoms. The Hall–Kier alpha value is -2.82. The van der Waals surface area contributed by atoms with Gasteiger partial charge in [0, 0.05) is 25.9 Å². The maximum atomic E-state index is 12.9. The van der Waals surface area contributed by atoms with Crippen molar-refractivity contribution in [2.75, 3.05) is 6.54 Å². The molecule has 148 valence electrons. The Morgan fingerprint density at radius 1 is 1.07 bits per heavy atom. The number of aliphatic carboxylic acids is 1. The molecule has 0 unspecified atom stereocenters. The van der Waals surface area contributed by atoms with Crippen molar-refractivity contribution >= 4 is 12.1 Å². The number of rotatable bonds is 6. The van der Waals surface area contributed by atoms with Crippen molar-refractivity contribution < 1.29 is 19.4 Å². The fourth-order valence-electron chi connectivity index (χ4n) is 3.82. The van der Waals surface area contributed by atoms with E-state index in [0.29, 0.717) is 13.1 Å². The normalized spacial score (nSPS) is 15.6. The smallest absolute Gasteiger partial charge is 0.411 e. The number of nitrogens with zero attached hydrogens (tertiary/aromatic N) is 1. The minimum atomic E-state index is -1.58. The zero-order valence-corrected chi connectivity index (χ0v) is 16.4. The molecule has 0 spiro atoms. The summed E-state index contributed by atoms with van der Waals surface area (Å²) in [4.78, 5) is 26.8. The molecule has 0 radical (unpaired) electrons. The van der Waals surface area contributed by atoms with E-state index in [1.807, 2.05) is 62.4 Å². The first-order valence-electron chi connectivity index (χ1n) is 9.71. The zero-order chi connectivity index (χ0) is 20.1. The predicted molar refractivity (Wildman–Crippen MR) is 107 cm³/mol. The average Bonchev–Trinajstić information content (AvgIpc) is 2.67. The molecule has 0 aromatic heterocycles. The van der Waals surface area contributed by atoms with Crippen LogP contribution in [-0.2, 0) is 28.9 Å². The summed E-state index contributed by atoms with van der Waals surface area (Å²) in [6.07, 6.45) is 0.590. The molecule has 0 aliphatic carbocycles. The Bertz CT molecular complexity index is 834. The van der Waals surface area contributed by atoms with Crippen molar-refractivity contribution in [3.8, 4) is 0 Å². The lowest BCUT2D eigenvalue weighted by Gasteiger charge is -2.35. The number of carboxylic acid groups (broad SMARTS) is 1. The lowest BCUT2D eigenvalue weighted by Crippen LogP contribution is -2.50. The first-order chi connectivity index (χ1) is 13.4. The second-order valence-corrected chi connectivity index (χ2v) is 7.87. The average molecular weight is 381 g/mol. The monoisotopic (exact) mass is 381 g/mol. The summed E-state index contributed by atoms with van der Waals surface area (Å²) in [6, 6.07) is 17.3. The van der Waals surface area contributed by atoms with E-state index in [9.17, 15) is 14.7 Å². The molecule has 1 N–H and O–H groups in total. The van der Waals surface area contributed by atoms with Crippen LogP contribution in [0.25, 0.3) is 0 Å². The second kappa shape index (κ2) is 8.46. The van der Waals surface area contributed by atoms with E-state index >= 15 is 0 Å². The van der Waals surface area contributed by atoms with Gasteiger partial charge in [-0.3, -0.25) is 0 Å². The molecule has 2 aromatic rings. The fourth-order valence-corrected chi connectivity index (χ4v) is 3.82. The lowest BCUT2D eigenvalue weighted by molar-refractivity contribution is -0.161. The minimum absolute atomic E-state index is 0.0645. The quantitative estimate of drug-likeness (QED) is 0.810. The van der Waals surface area contributed by atoms with Gasteiger partial charge in [-0.15, -0.1) is 0 Å². The predicted octanol–water partition coefficient (Wildman–Crippen LogP) is 4.29. The van der Waals surface area contributed by atoms with Gasteiger partial charge in [-0.1, -0.05) is 68.4 Å². The molecule has 1 heterocycles. The molecule has 5 heteroatoms. The third-order valence-electron chi connectivity index (χ3n) is 5.13. The highest BCUT2D eigenvalue weighted by molar-refractivity contribution is 5.82. The van der Waals surface area contributed by atoms with Gasteiger partial charge in [0.1, 0.15) is 0 Å². The molecule has 5 nitrogen and oxygen atoms in total. The number of carbonyl (C=O) groups excluding carboxylic acids is 1. The third-order valence-corrected chi connectivity index (χ3v) is 5.13. The molecule has 1 aliphatic heterocycles. The molecule has 28 heavy (non-hydrogen) atoms. The summed E-state index contributed by atoms with van der Waals surface area (Å²) in [5.74, 6) is -1.04. The van der Waals surface area contributed by atoms with Gasteiger partial charge in [0.25, 0.3) is 0 Å². The van der Waals surface area contributed by atoms with E-state index in [0.717, 1.165) is 17.5 Å². The number of benzene rings is 2. The standard InChI is InChI=1S/C23H27NO4/c1-17(2)14-23(21(25)26,15-18-8-4-3-5-9-18)28-22(27)24-13-12-19-10-6-7-11-20(19)16-24/h3-11,17H,12-16H2,1-2H3,(H,25,26)/t23-/m0/s1. The number of carbonyl (C=O) groups is 2. The van der Waals surface area contributed by atoms with E-state index in [4.69, 9.17) is 4.74 Å². The number of ether oxygens (including phenoxy) is 1. The summed E-state index contributed by atoms with van der Waals surface area (Å²) >= 11 is 0. The molecule has 1 aliphatic rings. The van der Waals surface area contributed by atoms with Crippen molar-refractivity contribution in [1.29, 1.82) is 0 Å². The van der Waals surface area contributed by atoms with Crippen molar-refractivity contribution in [3.63, 3.8) is 0 Å². The van der Waals surface area contributed by atoms with E-state index in [1.54, 1.807) is 4.90 Å². The Morgan fingerprint density at radius 2 is 1.71 bits per heavy atom. The van der Waals surface area contributed by atoms with Crippen molar-refractivity contribution in [2.24, 2.45) is 5.92 Å². The highest BCUT2D eigenvalue weighted by Crippen LogP contribution is 2.29. The molecular formula is C23H27NO4. The maximum absolute atomic E-state index is 12.9. The molecule has 2 aromatic carbocycles. The topological polar surface area (TPSA) is 66.8 Å². The molecule has 0 saturated heterocycles. The van der Waals surface area contributed by atoms with Crippen LogP contribution in [0, 0.1) is 5.92 Å². The van der Waals surface area contributed by atoms with Crippen LogP contribution in [0.3, 0.4) is 0 Å². The molecule has 0 saturated carbocycles.